The van der Waals surface area contributed by atoms with Crippen molar-refractivity contribution in [3.8, 4) is 0 Å². The highest BCUT2D eigenvalue weighted by molar-refractivity contribution is 7.99. The summed E-state index contributed by atoms with van der Waals surface area (Å²) in [6.07, 6.45) is 0. The third-order valence-electron chi connectivity index (χ3n) is 1.73. The summed E-state index contributed by atoms with van der Waals surface area (Å²) in [5.41, 5.74) is -1.72. The average molecular weight is 307 g/mol. The first kappa shape index (κ1) is 13.0. The van der Waals surface area contributed by atoms with Gasteiger partial charge in [-0.3, -0.25) is 19.4 Å². The Kier molecular flexibility index (Phi) is 3.64. The summed E-state index contributed by atoms with van der Waals surface area (Å²) in [5.74, 6) is 0. The van der Waals surface area contributed by atoms with Crippen LogP contribution in [0.25, 0.3) is 0 Å². The maximum Gasteiger partial charge on any atom is 0.339 e. The normalized spacial score (nSPS) is 10.6. The van der Waals surface area contributed by atoms with Gasteiger partial charge in [-0.1, -0.05) is 11.6 Å². The Hall–Kier alpha value is -1.45. The molecule has 0 aliphatic carbocycles. The summed E-state index contributed by atoms with van der Waals surface area (Å²) in [6, 6.07) is 0. The zero-order chi connectivity index (χ0) is 13.3. The summed E-state index contributed by atoms with van der Waals surface area (Å²) >= 11 is 12.3. The molecule has 2 aromatic heterocycles. The molecule has 18 heavy (non-hydrogen) atoms. The van der Waals surface area contributed by atoms with Gasteiger partial charge in [0.15, 0.2) is 10.3 Å². The SMILES string of the molecule is Cn1[nH]c(=O)c(=O)nc1Sc1nc(Cl)nnc1Cl. The van der Waals surface area contributed by atoms with Crippen molar-refractivity contribution < 1.29 is 0 Å². The smallest absolute Gasteiger partial charge is 0.265 e. The molecule has 2 aromatic rings. The summed E-state index contributed by atoms with van der Waals surface area (Å²) in [4.78, 5) is 29.6. The first-order chi connectivity index (χ1) is 8.47. The van der Waals surface area contributed by atoms with Crippen LogP contribution in [0.5, 0.6) is 0 Å². The van der Waals surface area contributed by atoms with Crippen LogP contribution in [0, 0.1) is 0 Å². The van der Waals surface area contributed by atoms with Gasteiger partial charge in [-0.15, -0.1) is 10.2 Å². The maximum atomic E-state index is 11.1. The van der Waals surface area contributed by atoms with Crippen LogP contribution in [0.15, 0.2) is 19.8 Å². The molecule has 0 saturated heterocycles. The lowest BCUT2D eigenvalue weighted by molar-refractivity contribution is 0.596. The van der Waals surface area contributed by atoms with Crippen molar-refractivity contribution in [2.75, 3.05) is 0 Å². The number of aromatic nitrogens is 6. The highest BCUT2D eigenvalue weighted by atomic mass is 35.5. The minimum absolute atomic E-state index is 0.0184. The van der Waals surface area contributed by atoms with Gasteiger partial charge in [0.25, 0.3) is 0 Å². The van der Waals surface area contributed by atoms with Crippen LogP contribution in [0.4, 0.5) is 0 Å². The van der Waals surface area contributed by atoms with Crippen LogP contribution >= 0.6 is 35.0 Å². The van der Waals surface area contributed by atoms with E-state index in [9.17, 15) is 9.59 Å². The second-order valence-electron chi connectivity index (χ2n) is 2.98. The monoisotopic (exact) mass is 306 g/mol. The van der Waals surface area contributed by atoms with Crippen LogP contribution in [0.1, 0.15) is 0 Å². The van der Waals surface area contributed by atoms with Crippen molar-refractivity contribution in [3.63, 3.8) is 0 Å². The Morgan fingerprint density at radius 2 is 1.94 bits per heavy atom. The molecule has 2 rings (SSSR count). The number of aryl methyl sites for hydroxylation is 1. The first-order valence-corrected chi connectivity index (χ1v) is 5.95. The van der Waals surface area contributed by atoms with E-state index in [1.54, 1.807) is 0 Å². The fourth-order valence-corrected chi connectivity index (χ4v) is 2.09. The van der Waals surface area contributed by atoms with Gasteiger partial charge < -0.3 is 0 Å². The van der Waals surface area contributed by atoms with Crippen LogP contribution in [-0.4, -0.2) is 29.9 Å². The van der Waals surface area contributed by atoms with E-state index in [0.29, 0.717) is 0 Å². The Labute approximate surface area is 113 Å². The van der Waals surface area contributed by atoms with Gasteiger partial charge in [0.1, 0.15) is 5.03 Å². The quantitative estimate of drug-likeness (QED) is 0.785. The second-order valence-corrected chi connectivity index (χ2v) is 4.63. The molecule has 11 heteroatoms. The summed E-state index contributed by atoms with van der Waals surface area (Å²) in [6.45, 7) is 0. The predicted molar refractivity (Wildman–Crippen MR) is 64.1 cm³/mol. The van der Waals surface area contributed by atoms with E-state index in [-0.39, 0.29) is 20.6 Å². The minimum Gasteiger partial charge on any atom is -0.265 e. The minimum atomic E-state index is -0.903. The number of rotatable bonds is 2. The van der Waals surface area contributed by atoms with Gasteiger partial charge in [0.05, 0.1) is 0 Å². The Morgan fingerprint density at radius 1 is 1.22 bits per heavy atom. The molecular weight excluding hydrogens is 303 g/mol. The lowest BCUT2D eigenvalue weighted by atomic mass is 10.8. The molecule has 0 amide bonds. The van der Waals surface area contributed by atoms with Gasteiger partial charge in [0, 0.05) is 7.05 Å². The van der Waals surface area contributed by atoms with Gasteiger partial charge in [-0.25, -0.2) is 4.98 Å². The van der Waals surface area contributed by atoms with E-state index in [1.165, 1.54) is 11.7 Å². The largest absolute Gasteiger partial charge is 0.339 e. The Bertz CT molecular complexity index is 714. The van der Waals surface area contributed by atoms with Crippen LogP contribution in [-0.2, 0) is 7.05 Å². The summed E-state index contributed by atoms with van der Waals surface area (Å²) in [5, 5.41) is 9.64. The van der Waals surface area contributed by atoms with E-state index in [0.717, 1.165) is 11.8 Å². The topological polar surface area (TPSA) is 106 Å². The van der Waals surface area contributed by atoms with Crippen LogP contribution in [0.3, 0.4) is 0 Å². The molecule has 0 saturated carbocycles. The Morgan fingerprint density at radius 3 is 2.67 bits per heavy atom. The van der Waals surface area contributed by atoms with Crippen molar-refractivity contribution in [3.05, 3.63) is 31.1 Å². The molecule has 0 radical (unpaired) electrons. The zero-order valence-electron chi connectivity index (χ0n) is 8.72. The van der Waals surface area contributed by atoms with E-state index in [4.69, 9.17) is 23.2 Å². The summed E-state index contributed by atoms with van der Waals surface area (Å²) in [7, 11) is 1.51. The average Bonchev–Trinajstić information content (AvgIpc) is 2.30. The number of nitrogens with one attached hydrogen (secondary N) is 1. The van der Waals surface area contributed by atoms with Gasteiger partial charge in [0.2, 0.25) is 5.28 Å². The lowest BCUT2D eigenvalue weighted by Gasteiger charge is -2.05. The third-order valence-corrected chi connectivity index (χ3v) is 3.28. The molecule has 8 nitrogen and oxygen atoms in total. The third kappa shape index (κ3) is 2.68. The molecule has 0 bridgehead atoms. The molecule has 0 aliphatic heterocycles. The zero-order valence-corrected chi connectivity index (χ0v) is 11.0. The fraction of sp³-hybridized carbons (Fsp3) is 0.143. The number of hydrogen-bond acceptors (Lipinski definition) is 7. The molecule has 94 valence electrons. The number of nitrogens with zero attached hydrogens (tertiary/aromatic N) is 5. The van der Waals surface area contributed by atoms with E-state index in [1.807, 2.05) is 0 Å². The van der Waals surface area contributed by atoms with Crippen molar-refractivity contribution in [1.29, 1.82) is 0 Å². The predicted octanol–water partition coefficient (Wildman–Crippen LogP) is 0.112. The van der Waals surface area contributed by atoms with Gasteiger partial charge in [-0.05, 0) is 23.4 Å². The van der Waals surface area contributed by atoms with Crippen molar-refractivity contribution >= 4 is 35.0 Å². The van der Waals surface area contributed by atoms with E-state index >= 15 is 0 Å². The summed E-state index contributed by atoms with van der Waals surface area (Å²) < 4.78 is 1.26. The highest BCUT2D eigenvalue weighted by Gasteiger charge is 2.12. The molecule has 1 N–H and O–H groups in total. The first-order valence-electron chi connectivity index (χ1n) is 4.38. The van der Waals surface area contributed by atoms with E-state index < -0.39 is 11.1 Å². The highest BCUT2D eigenvalue weighted by Crippen LogP contribution is 2.27. The molecule has 0 unspecified atom stereocenters. The van der Waals surface area contributed by atoms with Crippen molar-refractivity contribution in [2.45, 2.75) is 10.2 Å². The standard InChI is InChI=1S/C7H4Cl2N6O2S/c1-15-7(10-3(16)4(17)14-15)18-5-2(8)12-13-6(9)11-5/h1H3,(H,14,17). The molecule has 0 spiro atoms. The lowest BCUT2D eigenvalue weighted by Crippen LogP contribution is -2.33. The molecular formula is C7H4Cl2N6O2S. The maximum absolute atomic E-state index is 11.1. The molecule has 0 aliphatic rings. The van der Waals surface area contributed by atoms with E-state index in [2.05, 4.69) is 25.3 Å². The Balaban J connectivity index is 2.46. The molecule has 0 aromatic carbocycles. The van der Waals surface area contributed by atoms with Crippen molar-refractivity contribution in [2.24, 2.45) is 7.05 Å². The number of aromatic amines is 1. The molecule has 0 atom stereocenters. The number of hydrogen-bond donors (Lipinski definition) is 1. The number of H-pyrrole nitrogens is 1. The number of halogens is 2. The van der Waals surface area contributed by atoms with Crippen LogP contribution < -0.4 is 11.1 Å². The van der Waals surface area contributed by atoms with Crippen LogP contribution in [0.2, 0.25) is 10.4 Å². The molecule has 0 fully saturated rings. The fourth-order valence-electron chi connectivity index (χ4n) is 0.984. The van der Waals surface area contributed by atoms with Gasteiger partial charge >= 0.3 is 11.1 Å². The second kappa shape index (κ2) is 5.04. The van der Waals surface area contributed by atoms with Gasteiger partial charge in [-0.2, -0.15) is 4.98 Å². The molecule has 2 heterocycles. The van der Waals surface area contributed by atoms with Crippen molar-refractivity contribution in [1.82, 2.24) is 29.9 Å².